The third-order valence-corrected chi connectivity index (χ3v) is 3.83. The highest BCUT2D eigenvalue weighted by molar-refractivity contribution is 7.11. The molecule has 82 valence electrons. The molecule has 1 nitrogen and oxygen atoms in total. The van der Waals surface area contributed by atoms with Gasteiger partial charge in [0.2, 0.25) is 0 Å². The predicted molar refractivity (Wildman–Crippen MR) is 72.8 cm³/mol. The Morgan fingerprint density at radius 1 is 1.19 bits per heavy atom. The quantitative estimate of drug-likeness (QED) is 0.672. The predicted octanol–water partition coefficient (Wildman–Crippen LogP) is 5.11. The minimum atomic E-state index is 0.527. The van der Waals surface area contributed by atoms with Crippen molar-refractivity contribution in [2.75, 3.05) is 0 Å². The molecule has 16 heavy (non-hydrogen) atoms. The molecule has 0 bridgehead atoms. The summed E-state index contributed by atoms with van der Waals surface area (Å²) in [4.78, 5) is 5.51. The van der Waals surface area contributed by atoms with Crippen molar-refractivity contribution >= 4 is 46.4 Å². The number of benzene rings is 1. The van der Waals surface area contributed by atoms with Crippen LogP contribution in [0, 0.1) is 6.92 Å². The van der Waals surface area contributed by atoms with E-state index in [0.717, 1.165) is 10.6 Å². The van der Waals surface area contributed by atoms with Crippen molar-refractivity contribution in [2.24, 2.45) is 4.99 Å². The van der Waals surface area contributed by atoms with Gasteiger partial charge in [0.1, 0.15) is 0 Å². The van der Waals surface area contributed by atoms with E-state index in [1.54, 1.807) is 23.5 Å². The van der Waals surface area contributed by atoms with E-state index >= 15 is 0 Å². The Bertz CT molecular complexity index is 532. The van der Waals surface area contributed by atoms with Crippen molar-refractivity contribution < 1.29 is 0 Å². The van der Waals surface area contributed by atoms with Crippen molar-refractivity contribution in [3.8, 4) is 0 Å². The number of hydrogen-bond acceptors (Lipinski definition) is 2. The monoisotopic (exact) mass is 269 g/mol. The third-order valence-electron chi connectivity index (χ3n) is 2.14. The van der Waals surface area contributed by atoms with Gasteiger partial charge in [0.05, 0.1) is 15.7 Å². The molecule has 1 heterocycles. The van der Waals surface area contributed by atoms with Crippen molar-refractivity contribution in [1.82, 2.24) is 0 Å². The largest absolute Gasteiger partial charge is 0.255 e. The fourth-order valence-corrected chi connectivity index (χ4v) is 2.29. The number of aliphatic imine (C=N–C) groups is 1. The van der Waals surface area contributed by atoms with Gasteiger partial charge in [0.15, 0.2) is 0 Å². The highest BCUT2D eigenvalue weighted by Crippen LogP contribution is 2.26. The van der Waals surface area contributed by atoms with Crippen molar-refractivity contribution in [3.63, 3.8) is 0 Å². The van der Waals surface area contributed by atoms with Crippen LogP contribution in [0.2, 0.25) is 10.0 Å². The number of halogens is 2. The Morgan fingerprint density at radius 2 is 2.00 bits per heavy atom. The molecule has 0 amide bonds. The Morgan fingerprint density at radius 3 is 2.62 bits per heavy atom. The van der Waals surface area contributed by atoms with Crippen molar-refractivity contribution in [3.05, 3.63) is 50.1 Å². The molecule has 2 aromatic rings. The van der Waals surface area contributed by atoms with Crippen LogP contribution in [0.5, 0.6) is 0 Å². The first kappa shape index (κ1) is 11.6. The van der Waals surface area contributed by atoms with Gasteiger partial charge in [0, 0.05) is 11.1 Å². The minimum Gasteiger partial charge on any atom is -0.255 e. The molecule has 0 unspecified atom stereocenters. The van der Waals surface area contributed by atoms with Crippen LogP contribution in [0.3, 0.4) is 0 Å². The van der Waals surface area contributed by atoms with Gasteiger partial charge in [0.25, 0.3) is 0 Å². The summed E-state index contributed by atoms with van der Waals surface area (Å²) in [5.41, 5.74) is 2.04. The summed E-state index contributed by atoms with van der Waals surface area (Å²) in [6.45, 7) is 2.06. The molecule has 4 heteroatoms. The zero-order chi connectivity index (χ0) is 11.5. The van der Waals surface area contributed by atoms with Crippen LogP contribution in [0.15, 0.2) is 34.6 Å². The second-order valence-corrected chi connectivity index (χ2v) is 5.09. The van der Waals surface area contributed by atoms with Gasteiger partial charge >= 0.3 is 0 Å². The Kier molecular flexibility index (Phi) is 3.64. The molecular weight excluding hydrogens is 261 g/mol. The zero-order valence-corrected chi connectivity index (χ0v) is 10.9. The van der Waals surface area contributed by atoms with Gasteiger partial charge in [-0.1, -0.05) is 23.2 Å². The molecule has 0 fully saturated rings. The van der Waals surface area contributed by atoms with Gasteiger partial charge < -0.3 is 0 Å². The maximum atomic E-state index is 5.90. The topological polar surface area (TPSA) is 12.4 Å². The first-order valence-corrected chi connectivity index (χ1v) is 6.33. The summed E-state index contributed by atoms with van der Waals surface area (Å²) in [7, 11) is 0. The number of thiophene rings is 1. The van der Waals surface area contributed by atoms with Gasteiger partial charge in [-0.3, -0.25) is 4.99 Å². The van der Waals surface area contributed by atoms with Crippen LogP contribution in [-0.2, 0) is 0 Å². The molecule has 0 atom stereocenters. The zero-order valence-electron chi connectivity index (χ0n) is 8.58. The number of nitrogens with zero attached hydrogens (tertiary/aromatic N) is 1. The molecule has 0 N–H and O–H groups in total. The van der Waals surface area contributed by atoms with Crippen LogP contribution in [0.1, 0.15) is 10.4 Å². The average Bonchev–Trinajstić information content (AvgIpc) is 2.66. The van der Waals surface area contributed by atoms with Gasteiger partial charge in [-0.15, -0.1) is 11.3 Å². The smallest absolute Gasteiger partial charge is 0.0646 e. The Hall–Kier alpha value is -0.830. The van der Waals surface area contributed by atoms with Gasteiger partial charge in [-0.2, -0.15) is 0 Å². The first-order valence-electron chi connectivity index (χ1n) is 4.70. The van der Waals surface area contributed by atoms with Crippen LogP contribution in [0.25, 0.3) is 0 Å². The molecule has 1 aromatic carbocycles. The maximum Gasteiger partial charge on any atom is 0.0646 e. The number of aryl methyl sites for hydroxylation is 1. The molecule has 0 aliphatic carbocycles. The average molecular weight is 270 g/mol. The van der Waals surface area contributed by atoms with Gasteiger partial charge in [-0.05, 0) is 42.1 Å². The fraction of sp³-hybridized carbons (Fsp3) is 0.0833. The van der Waals surface area contributed by atoms with Crippen LogP contribution < -0.4 is 0 Å². The molecule has 2 rings (SSSR count). The minimum absolute atomic E-state index is 0.527. The van der Waals surface area contributed by atoms with E-state index < -0.39 is 0 Å². The summed E-state index contributed by atoms with van der Waals surface area (Å²) in [5, 5.41) is 3.12. The van der Waals surface area contributed by atoms with Gasteiger partial charge in [-0.25, -0.2) is 0 Å². The molecule has 0 spiro atoms. The van der Waals surface area contributed by atoms with E-state index in [4.69, 9.17) is 23.2 Å². The highest BCUT2D eigenvalue weighted by atomic mass is 35.5. The van der Waals surface area contributed by atoms with Crippen LogP contribution >= 0.6 is 34.5 Å². The van der Waals surface area contributed by atoms with E-state index in [1.165, 1.54) is 5.56 Å². The van der Waals surface area contributed by atoms with E-state index in [0.29, 0.717) is 10.0 Å². The third kappa shape index (κ3) is 2.64. The molecular formula is C12H9Cl2NS. The normalized spacial score (nSPS) is 11.2. The standard InChI is InChI=1S/C12H9Cl2NS/c1-8-4-5-16-12(8)7-15-9-2-3-10(13)11(14)6-9/h2-7H,1H3. The molecule has 0 aliphatic rings. The molecule has 1 aromatic heterocycles. The van der Waals surface area contributed by atoms with Crippen LogP contribution in [-0.4, -0.2) is 6.21 Å². The summed E-state index contributed by atoms with van der Waals surface area (Å²) in [6, 6.07) is 7.41. The fourth-order valence-electron chi connectivity index (χ4n) is 1.22. The Balaban J connectivity index is 2.24. The molecule has 0 aliphatic heterocycles. The van der Waals surface area contributed by atoms with E-state index in [1.807, 2.05) is 17.7 Å². The molecule has 0 saturated heterocycles. The second kappa shape index (κ2) is 5.00. The first-order chi connectivity index (χ1) is 7.66. The maximum absolute atomic E-state index is 5.90. The highest BCUT2D eigenvalue weighted by Gasteiger charge is 1.98. The number of rotatable bonds is 2. The molecule has 0 saturated carbocycles. The summed E-state index contributed by atoms with van der Waals surface area (Å²) < 4.78 is 0. The van der Waals surface area contributed by atoms with Crippen molar-refractivity contribution in [2.45, 2.75) is 6.92 Å². The van der Waals surface area contributed by atoms with Crippen LogP contribution in [0.4, 0.5) is 5.69 Å². The number of hydrogen-bond donors (Lipinski definition) is 0. The summed E-state index contributed by atoms with van der Waals surface area (Å²) in [5.74, 6) is 0. The lowest BCUT2D eigenvalue weighted by Gasteiger charge is -1.97. The lowest BCUT2D eigenvalue weighted by Crippen LogP contribution is -1.77. The Labute approximate surface area is 108 Å². The lowest BCUT2D eigenvalue weighted by molar-refractivity contribution is 1.51. The van der Waals surface area contributed by atoms with E-state index in [-0.39, 0.29) is 0 Å². The van der Waals surface area contributed by atoms with Crippen molar-refractivity contribution in [1.29, 1.82) is 0 Å². The lowest BCUT2D eigenvalue weighted by atomic mass is 10.3. The van der Waals surface area contributed by atoms with E-state index in [9.17, 15) is 0 Å². The second-order valence-electron chi connectivity index (χ2n) is 3.32. The SMILES string of the molecule is Cc1ccsc1C=Nc1ccc(Cl)c(Cl)c1. The molecule has 0 radical (unpaired) electrons. The summed E-state index contributed by atoms with van der Waals surface area (Å²) >= 11 is 13.4. The van der Waals surface area contributed by atoms with E-state index in [2.05, 4.69) is 18.0 Å². The summed E-state index contributed by atoms with van der Waals surface area (Å²) in [6.07, 6.45) is 1.85.